The van der Waals surface area contributed by atoms with Crippen LogP contribution in [-0.2, 0) is 9.53 Å². The van der Waals surface area contributed by atoms with Crippen LogP contribution in [0.3, 0.4) is 0 Å². The van der Waals surface area contributed by atoms with Gasteiger partial charge < -0.3 is 14.3 Å². The van der Waals surface area contributed by atoms with Gasteiger partial charge in [0.2, 0.25) is 0 Å². The van der Waals surface area contributed by atoms with Gasteiger partial charge in [-0.3, -0.25) is 4.79 Å². The minimum Gasteiger partial charge on any atom is -0.476 e. The van der Waals surface area contributed by atoms with Crippen molar-refractivity contribution in [3.05, 3.63) is 30.5 Å². The largest absolute Gasteiger partial charge is 0.476 e. The molecule has 0 aliphatic heterocycles. The molecule has 0 aliphatic rings. The molecule has 1 rings (SSSR count). The number of hydrogen-bond acceptors (Lipinski definition) is 5. The third kappa shape index (κ3) is 4.87. The maximum absolute atomic E-state index is 11.8. The van der Waals surface area contributed by atoms with Gasteiger partial charge in [0, 0.05) is 5.92 Å². The van der Waals surface area contributed by atoms with E-state index >= 15 is 0 Å². The fourth-order valence-electron chi connectivity index (χ4n) is 1.63. The van der Waals surface area contributed by atoms with E-state index in [0.29, 0.717) is 6.42 Å². The minimum absolute atomic E-state index is 0.0584. The summed E-state index contributed by atoms with van der Waals surface area (Å²) in [7, 11) is 0. The Bertz CT molecular complexity index is 498. The van der Waals surface area contributed by atoms with E-state index < -0.39 is 11.6 Å². The summed E-state index contributed by atoms with van der Waals surface area (Å²) in [6.45, 7) is 8.95. The number of aromatic carboxylic acids is 1. The smallest absolute Gasteiger partial charge is 0.357 e. The average molecular weight is 281 g/mol. The van der Waals surface area contributed by atoms with Gasteiger partial charge in [0.15, 0.2) is 11.6 Å². The first kappa shape index (κ1) is 15.9. The molecule has 0 saturated carbocycles. The maximum Gasteiger partial charge on any atom is 0.357 e. The predicted molar refractivity (Wildman–Crippen MR) is 71.5 cm³/mol. The van der Waals surface area contributed by atoms with Gasteiger partial charge in [-0.15, -0.1) is 6.58 Å². The number of hydrogen-bond donors (Lipinski definition) is 1. The third-order valence-corrected chi connectivity index (χ3v) is 2.37. The lowest BCUT2D eigenvalue weighted by Crippen LogP contribution is -2.25. The summed E-state index contributed by atoms with van der Waals surface area (Å²) >= 11 is 0. The first-order valence-corrected chi connectivity index (χ1v) is 6.24. The van der Waals surface area contributed by atoms with Gasteiger partial charge in [-0.2, -0.15) is 0 Å². The molecule has 20 heavy (non-hydrogen) atoms. The number of carbonyl (C=O) groups excluding carboxylic acids is 1. The third-order valence-electron chi connectivity index (χ3n) is 2.37. The van der Waals surface area contributed by atoms with E-state index in [1.54, 1.807) is 26.8 Å². The van der Waals surface area contributed by atoms with Crippen molar-refractivity contribution >= 4 is 11.9 Å². The number of aromatic nitrogens is 1. The normalized spacial score (nSPS) is 12.8. The van der Waals surface area contributed by atoms with Crippen LogP contribution < -0.4 is 0 Å². The molecular weight excluding hydrogens is 262 g/mol. The zero-order valence-electron chi connectivity index (χ0n) is 11.9. The molecule has 1 heterocycles. The lowest BCUT2D eigenvalue weighted by atomic mass is 10.0. The molecule has 110 valence electrons. The Balaban J connectivity index is 2.80. The van der Waals surface area contributed by atoms with E-state index in [4.69, 9.17) is 14.3 Å². The van der Waals surface area contributed by atoms with Gasteiger partial charge >= 0.3 is 11.9 Å². The summed E-state index contributed by atoms with van der Waals surface area (Å²) in [5.41, 5.74) is -0.753. The summed E-state index contributed by atoms with van der Waals surface area (Å²) in [4.78, 5) is 26.4. The lowest BCUT2D eigenvalue weighted by Gasteiger charge is -2.20. The van der Waals surface area contributed by atoms with Crippen LogP contribution in [0.25, 0.3) is 0 Å². The van der Waals surface area contributed by atoms with E-state index in [0.717, 1.165) is 6.26 Å². The van der Waals surface area contributed by atoms with E-state index in [1.165, 1.54) is 0 Å². The number of oxazole rings is 1. The Kier molecular flexibility index (Phi) is 5.07. The van der Waals surface area contributed by atoms with Crippen LogP contribution in [0.15, 0.2) is 23.3 Å². The Morgan fingerprint density at radius 3 is 2.65 bits per heavy atom. The Hall–Kier alpha value is -2.11. The van der Waals surface area contributed by atoms with E-state index in [9.17, 15) is 9.59 Å². The number of allylic oxidation sites excluding steroid dienone is 1. The Morgan fingerprint density at radius 2 is 2.20 bits per heavy atom. The molecule has 1 aromatic rings. The van der Waals surface area contributed by atoms with Crippen LogP contribution in [0.5, 0.6) is 0 Å². The number of rotatable bonds is 6. The second-order valence-electron chi connectivity index (χ2n) is 5.39. The Labute approximate surface area is 117 Å². The molecule has 0 saturated heterocycles. The topological polar surface area (TPSA) is 89.6 Å². The molecule has 1 aromatic heterocycles. The first-order valence-electron chi connectivity index (χ1n) is 6.24. The highest BCUT2D eigenvalue weighted by Gasteiger charge is 2.25. The van der Waals surface area contributed by atoms with Gasteiger partial charge in [-0.1, -0.05) is 6.08 Å². The van der Waals surface area contributed by atoms with E-state index in [1.807, 2.05) is 0 Å². The molecule has 6 nitrogen and oxygen atoms in total. The lowest BCUT2D eigenvalue weighted by molar-refractivity contribution is -0.155. The van der Waals surface area contributed by atoms with Crippen LogP contribution in [-0.4, -0.2) is 27.6 Å². The number of nitrogens with zero attached hydrogens (tertiary/aromatic N) is 1. The molecule has 1 atom stereocenters. The molecule has 6 heteroatoms. The summed E-state index contributed by atoms with van der Waals surface area (Å²) in [6, 6.07) is 0. The molecule has 0 radical (unpaired) electrons. The van der Waals surface area contributed by atoms with Crippen molar-refractivity contribution < 1.29 is 23.8 Å². The van der Waals surface area contributed by atoms with Crippen molar-refractivity contribution in [3.63, 3.8) is 0 Å². The second kappa shape index (κ2) is 6.36. The van der Waals surface area contributed by atoms with Crippen LogP contribution in [0, 0.1) is 0 Å². The molecule has 0 bridgehead atoms. The van der Waals surface area contributed by atoms with E-state index in [2.05, 4.69) is 11.6 Å². The summed E-state index contributed by atoms with van der Waals surface area (Å²) < 4.78 is 10.4. The molecule has 0 aromatic carbocycles. The highest BCUT2D eigenvalue weighted by molar-refractivity contribution is 5.84. The second-order valence-corrected chi connectivity index (χ2v) is 5.39. The van der Waals surface area contributed by atoms with Gasteiger partial charge in [0.1, 0.15) is 11.9 Å². The average Bonchev–Trinajstić information content (AvgIpc) is 2.74. The predicted octanol–water partition coefficient (Wildman–Crippen LogP) is 2.76. The monoisotopic (exact) mass is 281 g/mol. The van der Waals surface area contributed by atoms with Crippen molar-refractivity contribution in [2.45, 2.75) is 45.1 Å². The van der Waals surface area contributed by atoms with Crippen molar-refractivity contribution in [2.24, 2.45) is 0 Å². The number of esters is 1. The maximum atomic E-state index is 11.8. The van der Waals surface area contributed by atoms with Gasteiger partial charge in [0.05, 0.1) is 6.42 Å². The van der Waals surface area contributed by atoms with Gasteiger partial charge in [-0.05, 0) is 27.2 Å². The summed E-state index contributed by atoms with van der Waals surface area (Å²) in [5.74, 6) is -1.74. The van der Waals surface area contributed by atoms with Crippen molar-refractivity contribution in [3.8, 4) is 0 Å². The van der Waals surface area contributed by atoms with Crippen molar-refractivity contribution in [2.75, 3.05) is 0 Å². The molecular formula is C14H19NO5. The zero-order valence-corrected chi connectivity index (χ0v) is 11.9. The van der Waals surface area contributed by atoms with Crippen LogP contribution >= 0.6 is 0 Å². The molecule has 0 spiro atoms. The standard InChI is InChI=1S/C14H19NO5/c1-5-6-9(7-11(16)20-14(2,3)4)12-15-10(8-19-12)13(17)18/h5,8-9H,1,6-7H2,2-4H3,(H,17,18)/t9-/m1/s1. The zero-order chi connectivity index (χ0) is 15.3. The molecule has 0 unspecified atom stereocenters. The Morgan fingerprint density at radius 1 is 1.55 bits per heavy atom. The van der Waals surface area contributed by atoms with Crippen LogP contribution in [0.2, 0.25) is 0 Å². The minimum atomic E-state index is -1.17. The molecule has 0 fully saturated rings. The quantitative estimate of drug-likeness (QED) is 0.637. The molecule has 1 N–H and O–H groups in total. The highest BCUT2D eigenvalue weighted by atomic mass is 16.6. The molecule has 0 amide bonds. The van der Waals surface area contributed by atoms with Crippen LogP contribution in [0.1, 0.15) is 55.9 Å². The number of carbonyl (C=O) groups is 2. The summed E-state index contributed by atoms with van der Waals surface area (Å²) in [5, 5.41) is 8.81. The van der Waals surface area contributed by atoms with Crippen molar-refractivity contribution in [1.29, 1.82) is 0 Å². The number of ether oxygens (including phenoxy) is 1. The summed E-state index contributed by atoms with van der Waals surface area (Å²) in [6.07, 6.45) is 3.18. The van der Waals surface area contributed by atoms with Gasteiger partial charge in [0.25, 0.3) is 0 Å². The number of carboxylic acids is 1. The fourth-order valence-corrected chi connectivity index (χ4v) is 1.63. The SMILES string of the molecule is C=CC[C@H](CC(=O)OC(C)(C)C)c1nc(C(=O)O)co1. The highest BCUT2D eigenvalue weighted by Crippen LogP contribution is 2.25. The van der Waals surface area contributed by atoms with E-state index in [-0.39, 0.29) is 29.9 Å². The van der Waals surface area contributed by atoms with Crippen molar-refractivity contribution in [1.82, 2.24) is 4.98 Å². The number of carboxylic acid groups (broad SMARTS) is 1. The molecule has 0 aliphatic carbocycles. The van der Waals surface area contributed by atoms with Gasteiger partial charge in [-0.25, -0.2) is 9.78 Å². The first-order chi connectivity index (χ1) is 9.23. The fraction of sp³-hybridized carbons (Fsp3) is 0.500. The van der Waals surface area contributed by atoms with Crippen LogP contribution in [0.4, 0.5) is 0 Å².